The Bertz CT molecular complexity index is 1130. The van der Waals surface area contributed by atoms with Crippen LogP contribution in [0.5, 0.6) is 0 Å². The standard InChI is InChI=1S/C21H19N5OS/c1-14-9-15(2)11-19(10-14)26-21(23-24-25-26)28-13-20(27)22-18-8-7-16-5-3-4-6-17(16)12-18/h3-12H,13H2,1-2H3,(H,22,27). The van der Waals surface area contributed by atoms with Gasteiger partial charge in [0, 0.05) is 5.69 Å². The van der Waals surface area contributed by atoms with Gasteiger partial charge < -0.3 is 5.32 Å². The number of thioether (sulfide) groups is 1. The summed E-state index contributed by atoms with van der Waals surface area (Å²) in [4.78, 5) is 12.4. The Morgan fingerprint density at radius 1 is 1.00 bits per heavy atom. The molecular formula is C21H19N5OS. The number of benzene rings is 3. The van der Waals surface area contributed by atoms with Crippen LogP contribution in [0.25, 0.3) is 16.5 Å². The number of anilines is 1. The molecule has 4 aromatic rings. The molecule has 4 rings (SSSR count). The first-order valence-corrected chi connectivity index (χ1v) is 9.85. The molecule has 0 saturated carbocycles. The number of amides is 1. The Kier molecular flexibility index (Phi) is 5.08. The van der Waals surface area contributed by atoms with Crippen LogP contribution in [0.3, 0.4) is 0 Å². The molecule has 0 spiro atoms. The number of carbonyl (C=O) groups is 1. The maximum absolute atomic E-state index is 12.4. The molecular weight excluding hydrogens is 370 g/mol. The zero-order valence-corrected chi connectivity index (χ0v) is 16.4. The summed E-state index contributed by atoms with van der Waals surface area (Å²) in [6, 6.07) is 20.1. The molecule has 1 N–H and O–H groups in total. The fraction of sp³-hybridized carbons (Fsp3) is 0.143. The average Bonchev–Trinajstić information content (AvgIpc) is 3.14. The predicted molar refractivity (Wildman–Crippen MR) is 112 cm³/mol. The highest BCUT2D eigenvalue weighted by molar-refractivity contribution is 7.99. The molecule has 140 valence electrons. The van der Waals surface area contributed by atoms with E-state index in [1.165, 1.54) is 11.8 Å². The molecule has 1 amide bonds. The van der Waals surface area contributed by atoms with Crippen LogP contribution >= 0.6 is 11.8 Å². The largest absolute Gasteiger partial charge is 0.325 e. The van der Waals surface area contributed by atoms with Crippen LogP contribution in [0.4, 0.5) is 5.69 Å². The van der Waals surface area contributed by atoms with Gasteiger partial charge in [-0.15, -0.1) is 5.10 Å². The second kappa shape index (κ2) is 7.82. The van der Waals surface area contributed by atoms with Crippen molar-refractivity contribution in [3.8, 4) is 5.69 Å². The van der Waals surface area contributed by atoms with Gasteiger partial charge in [-0.05, 0) is 70.4 Å². The third kappa shape index (κ3) is 4.04. The van der Waals surface area contributed by atoms with E-state index in [1.54, 1.807) is 4.68 Å². The first kappa shape index (κ1) is 18.2. The number of carbonyl (C=O) groups excluding carboxylic acids is 1. The lowest BCUT2D eigenvalue weighted by atomic mass is 10.1. The summed E-state index contributed by atoms with van der Waals surface area (Å²) in [5, 5.41) is 17.6. The highest BCUT2D eigenvalue weighted by atomic mass is 32.2. The maximum atomic E-state index is 12.4. The normalized spacial score (nSPS) is 10.9. The molecule has 0 bridgehead atoms. The number of aromatic nitrogens is 4. The fourth-order valence-corrected chi connectivity index (χ4v) is 3.79. The molecule has 0 aliphatic carbocycles. The zero-order valence-electron chi connectivity index (χ0n) is 15.6. The van der Waals surface area contributed by atoms with Crippen LogP contribution in [0.1, 0.15) is 11.1 Å². The van der Waals surface area contributed by atoms with Gasteiger partial charge in [0.2, 0.25) is 11.1 Å². The van der Waals surface area contributed by atoms with Gasteiger partial charge in [-0.2, -0.15) is 4.68 Å². The summed E-state index contributed by atoms with van der Waals surface area (Å²) in [6.07, 6.45) is 0. The number of nitrogens with zero attached hydrogens (tertiary/aromatic N) is 4. The van der Waals surface area contributed by atoms with Crippen molar-refractivity contribution >= 4 is 34.1 Å². The molecule has 0 aliphatic rings. The zero-order chi connectivity index (χ0) is 19.5. The Morgan fingerprint density at radius 2 is 1.75 bits per heavy atom. The molecule has 3 aromatic carbocycles. The molecule has 0 aliphatic heterocycles. The average molecular weight is 389 g/mol. The van der Waals surface area contributed by atoms with Gasteiger partial charge in [0.1, 0.15) is 0 Å². The van der Waals surface area contributed by atoms with Gasteiger partial charge in [-0.3, -0.25) is 4.79 Å². The molecule has 0 saturated heterocycles. The SMILES string of the molecule is Cc1cc(C)cc(-n2nnnc2SCC(=O)Nc2ccc3ccccc3c2)c1. The van der Waals surface area contributed by atoms with E-state index in [0.29, 0.717) is 5.16 Å². The smallest absolute Gasteiger partial charge is 0.234 e. The van der Waals surface area contributed by atoms with Gasteiger partial charge in [-0.1, -0.05) is 48.2 Å². The molecule has 1 heterocycles. The summed E-state index contributed by atoms with van der Waals surface area (Å²) in [6.45, 7) is 4.06. The van der Waals surface area contributed by atoms with Crippen molar-refractivity contribution in [1.82, 2.24) is 20.2 Å². The van der Waals surface area contributed by atoms with Gasteiger partial charge in [0.25, 0.3) is 0 Å². The second-order valence-corrected chi connectivity index (χ2v) is 7.56. The Balaban J connectivity index is 1.44. The highest BCUT2D eigenvalue weighted by Crippen LogP contribution is 2.22. The summed E-state index contributed by atoms with van der Waals surface area (Å²) < 4.78 is 1.66. The van der Waals surface area contributed by atoms with E-state index in [-0.39, 0.29) is 11.7 Å². The van der Waals surface area contributed by atoms with Gasteiger partial charge >= 0.3 is 0 Å². The predicted octanol–water partition coefficient (Wildman–Crippen LogP) is 4.16. The number of fused-ring (bicyclic) bond motifs is 1. The van der Waals surface area contributed by atoms with E-state index in [4.69, 9.17) is 0 Å². The number of rotatable bonds is 5. The lowest BCUT2D eigenvalue weighted by Gasteiger charge is -2.08. The fourth-order valence-electron chi connectivity index (χ4n) is 3.10. The first-order chi connectivity index (χ1) is 13.6. The van der Waals surface area contributed by atoms with E-state index in [9.17, 15) is 4.79 Å². The van der Waals surface area contributed by atoms with Gasteiger partial charge in [0.05, 0.1) is 11.4 Å². The van der Waals surface area contributed by atoms with Crippen LogP contribution in [0.2, 0.25) is 0 Å². The van der Waals surface area contributed by atoms with Gasteiger partial charge in [0.15, 0.2) is 0 Å². The quantitative estimate of drug-likeness (QED) is 0.519. The van der Waals surface area contributed by atoms with E-state index < -0.39 is 0 Å². The van der Waals surface area contributed by atoms with Crippen LogP contribution in [-0.4, -0.2) is 31.9 Å². The summed E-state index contributed by atoms with van der Waals surface area (Å²) in [5.41, 5.74) is 3.93. The van der Waals surface area contributed by atoms with E-state index >= 15 is 0 Å². The number of hydrogen-bond acceptors (Lipinski definition) is 5. The molecule has 1 aromatic heterocycles. The Labute approximate surface area is 167 Å². The van der Waals surface area contributed by atoms with Crippen molar-refractivity contribution in [3.63, 3.8) is 0 Å². The summed E-state index contributed by atoms with van der Waals surface area (Å²) >= 11 is 1.31. The maximum Gasteiger partial charge on any atom is 0.234 e. The lowest BCUT2D eigenvalue weighted by Crippen LogP contribution is -2.14. The minimum atomic E-state index is -0.102. The van der Waals surface area contributed by atoms with E-state index in [2.05, 4.69) is 26.9 Å². The number of tetrazole rings is 1. The Morgan fingerprint density at radius 3 is 2.54 bits per heavy atom. The lowest BCUT2D eigenvalue weighted by molar-refractivity contribution is -0.113. The van der Waals surface area contributed by atoms with Crippen molar-refractivity contribution in [2.75, 3.05) is 11.1 Å². The van der Waals surface area contributed by atoms with Crippen LogP contribution in [0, 0.1) is 13.8 Å². The number of aryl methyl sites for hydroxylation is 2. The van der Waals surface area contributed by atoms with Crippen molar-refractivity contribution in [3.05, 3.63) is 71.8 Å². The number of hydrogen-bond donors (Lipinski definition) is 1. The van der Waals surface area contributed by atoms with Crippen molar-refractivity contribution in [2.24, 2.45) is 0 Å². The molecule has 28 heavy (non-hydrogen) atoms. The monoisotopic (exact) mass is 389 g/mol. The molecule has 0 radical (unpaired) electrons. The topological polar surface area (TPSA) is 72.7 Å². The minimum absolute atomic E-state index is 0.102. The van der Waals surface area contributed by atoms with Crippen molar-refractivity contribution in [1.29, 1.82) is 0 Å². The highest BCUT2D eigenvalue weighted by Gasteiger charge is 2.12. The molecule has 6 nitrogen and oxygen atoms in total. The summed E-state index contributed by atoms with van der Waals surface area (Å²) in [5.74, 6) is 0.119. The minimum Gasteiger partial charge on any atom is -0.325 e. The third-order valence-electron chi connectivity index (χ3n) is 4.26. The Hall–Kier alpha value is -3.19. The van der Waals surface area contributed by atoms with Crippen molar-refractivity contribution < 1.29 is 4.79 Å². The van der Waals surface area contributed by atoms with Gasteiger partial charge in [-0.25, -0.2) is 0 Å². The van der Waals surface area contributed by atoms with E-state index in [0.717, 1.165) is 33.3 Å². The van der Waals surface area contributed by atoms with Crippen molar-refractivity contribution in [2.45, 2.75) is 19.0 Å². The molecule has 7 heteroatoms. The summed E-state index contributed by atoms with van der Waals surface area (Å²) in [7, 11) is 0. The first-order valence-electron chi connectivity index (χ1n) is 8.87. The molecule has 0 fully saturated rings. The second-order valence-electron chi connectivity index (χ2n) is 6.62. The van der Waals surface area contributed by atoms with Crippen LogP contribution < -0.4 is 5.32 Å². The van der Waals surface area contributed by atoms with Crippen LogP contribution in [0.15, 0.2) is 65.8 Å². The van der Waals surface area contributed by atoms with E-state index in [1.807, 2.05) is 68.4 Å². The van der Waals surface area contributed by atoms with Crippen LogP contribution in [-0.2, 0) is 4.79 Å². The molecule has 0 atom stereocenters. The number of nitrogens with one attached hydrogen (secondary N) is 1. The molecule has 0 unspecified atom stereocenters. The third-order valence-corrected chi connectivity index (χ3v) is 5.18.